The highest BCUT2D eigenvalue weighted by atomic mass is 16.2. The standard InChI is InChI=1S/C28H34N4O2/c1-29-26(33)18-31-24-7-2-3-8-25(24)32(28(31)34)22-13-15-30(16-14-22)23-12-11-20-6-4-5-19-9-10-21(17-23)27(19)20/h2-3,6-8,11-12,19,22-23H,4-5,9-10,13-18H2,1H3,(H,29,33). The number of carbonyl (C=O) groups is 1. The Morgan fingerprint density at radius 2 is 1.88 bits per heavy atom. The van der Waals surface area contributed by atoms with E-state index in [0.29, 0.717) is 6.04 Å². The number of fused-ring (bicyclic) bond motifs is 1. The van der Waals surface area contributed by atoms with Gasteiger partial charge in [0.2, 0.25) is 5.91 Å². The van der Waals surface area contributed by atoms with Gasteiger partial charge in [0, 0.05) is 32.2 Å². The number of para-hydroxylation sites is 2. The molecule has 0 spiro atoms. The molecule has 2 atom stereocenters. The van der Waals surface area contributed by atoms with Crippen molar-refractivity contribution in [3.8, 4) is 0 Å². The van der Waals surface area contributed by atoms with Crippen molar-refractivity contribution >= 4 is 16.9 Å². The van der Waals surface area contributed by atoms with Crippen molar-refractivity contribution in [2.75, 3.05) is 20.1 Å². The van der Waals surface area contributed by atoms with E-state index in [9.17, 15) is 9.59 Å². The van der Waals surface area contributed by atoms with Crippen LogP contribution < -0.4 is 11.0 Å². The molecule has 1 N–H and O–H groups in total. The number of piperidine rings is 1. The van der Waals surface area contributed by atoms with Crippen LogP contribution in [0.25, 0.3) is 11.0 Å². The van der Waals surface area contributed by atoms with Gasteiger partial charge in [-0.05, 0) is 74.1 Å². The maximum Gasteiger partial charge on any atom is 0.329 e. The van der Waals surface area contributed by atoms with Crippen LogP contribution in [0.3, 0.4) is 0 Å². The molecule has 6 rings (SSSR count). The van der Waals surface area contributed by atoms with Crippen LogP contribution in [-0.4, -0.2) is 46.1 Å². The summed E-state index contributed by atoms with van der Waals surface area (Å²) >= 11 is 0. The Labute approximate surface area is 200 Å². The molecule has 1 amide bonds. The SMILES string of the molecule is CNC(=O)Cn1c(=O)n(C2CCN(C3C=CC4=CCCC5CCC(=C45)C3)CC2)c2ccccc21. The minimum atomic E-state index is -0.153. The summed E-state index contributed by atoms with van der Waals surface area (Å²) in [7, 11) is 1.61. The number of carbonyl (C=O) groups excluding carboxylic acids is 1. The lowest BCUT2D eigenvalue weighted by Gasteiger charge is -2.37. The number of nitrogens with zero attached hydrogens (tertiary/aromatic N) is 3. The molecule has 1 saturated heterocycles. The van der Waals surface area contributed by atoms with Crippen molar-refractivity contribution in [1.82, 2.24) is 19.4 Å². The molecule has 6 nitrogen and oxygen atoms in total. The first-order valence-electron chi connectivity index (χ1n) is 12.9. The summed E-state index contributed by atoms with van der Waals surface area (Å²) in [5.41, 5.74) is 6.57. The molecule has 1 fully saturated rings. The largest absolute Gasteiger partial charge is 0.358 e. The Hall–Kier alpha value is -2.86. The van der Waals surface area contributed by atoms with Gasteiger partial charge in [-0.2, -0.15) is 0 Å². The van der Waals surface area contributed by atoms with Gasteiger partial charge in [-0.3, -0.25) is 18.8 Å². The number of hydrogen-bond acceptors (Lipinski definition) is 3. The number of nitrogens with one attached hydrogen (secondary N) is 1. The Morgan fingerprint density at radius 3 is 2.68 bits per heavy atom. The Bertz CT molecular complexity index is 1270. The molecule has 6 heteroatoms. The topological polar surface area (TPSA) is 59.3 Å². The monoisotopic (exact) mass is 458 g/mol. The summed E-state index contributed by atoms with van der Waals surface area (Å²) in [5.74, 6) is 0.642. The van der Waals surface area contributed by atoms with Crippen LogP contribution in [0.5, 0.6) is 0 Å². The minimum Gasteiger partial charge on any atom is -0.358 e. The van der Waals surface area contributed by atoms with Gasteiger partial charge in [-0.15, -0.1) is 0 Å². The number of hydrogen-bond donors (Lipinski definition) is 1. The fourth-order valence-electron chi connectivity index (χ4n) is 6.79. The normalized spacial score (nSPS) is 25.4. The highest BCUT2D eigenvalue weighted by Crippen LogP contribution is 2.46. The number of rotatable bonds is 4. The molecule has 1 aliphatic heterocycles. The fraction of sp³-hybridized carbons (Fsp3) is 0.500. The van der Waals surface area contributed by atoms with Gasteiger partial charge in [0.15, 0.2) is 0 Å². The van der Waals surface area contributed by atoms with Crippen molar-refractivity contribution in [3.63, 3.8) is 0 Å². The lowest BCUT2D eigenvalue weighted by atomic mass is 9.84. The Balaban J connectivity index is 1.22. The van der Waals surface area contributed by atoms with Crippen LogP contribution in [-0.2, 0) is 11.3 Å². The van der Waals surface area contributed by atoms with Crippen LogP contribution in [0.2, 0.25) is 0 Å². The molecule has 0 bridgehead atoms. The van der Waals surface area contributed by atoms with E-state index >= 15 is 0 Å². The van der Waals surface area contributed by atoms with E-state index in [0.717, 1.165) is 49.3 Å². The maximum absolute atomic E-state index is 13.4. The zero-order valence-corrected chi connectivity index (χ0v) is 20.0. The van der Waals surface area contributed by atoms with Crippen LogP contribution >= 0.6 is 0 Å². The molecule has 1 aromatic carbocycles. The van der Waals surface area contributed by atoms with E-state index in [-0.39, 0.29) is 24.2 Å². The van der Waals surface area contributed by atoms with Gasteiger partial charge in [0.05, 0.1) is 11.0 Å². The molecular weight excluding hydrogens is 424 g/mol. The van der Waals surface area contributed by atoms with E-state index in [1.54, 1.807) is 22.8 Å². The third-order valence-corrected chi connectivity index (χ3v) is 8.51. The second-order valence-corrected chi connectivity index (χ2v) is 10.3. The van der Waals surface area contributed by atoms with Gasteiger partial charge in [-0.25, -0.2) is 4.79 Å². The van der Waals surface area contributed by atoms with Crippen molar-refractivity contribution < 1.29 is 4.79 Å². The lowest BCUT2D eigenvalue weighted by molar-refractivity contribution is -0.121. The first-order chi connectivity index (χ1) is 16.6. The first-order valence-corrected chi connectivity index (χ1v) is 12.9. The second kappa shape index (κ2) is 8.73. The molecule has 2 aromatic rings. The number of likely N-dealkylation sites (N-methyl/N-ethyl adjacent to an activating group) is 1. The van der Waals surface area contributed by atoms with Crippen LogP contribution in [0.4, 0.5) is 0 Å². The molecule has 0 saturated carbocycles. The summed E-state index contributed by atoms with van der Waals surface area (Å²) in [5, 5.41) is 2.64. The molecular formula is C28H34N4O2. The average molecular weight is 459 g/mol. The predicted octanol–water partition coefficient (Wildman–Crippen LogP) is 3.94. The summed E-state index contributed by atoms with van der Waals surface area (Å²) in [6.45, 7) is 2.04. The fourth-order valence-corrected chi connectivity index (χ4v) is 6.79. The van der Waals surface area contributed by atoms with Gasteiger partial charge in [-0.1, -0.05) is 35.9 Å². The predicted molar refractivity (Wildman–Crippen MR) is 135 cm³/mol. The van der Waals surface area contributed by atoms with Crippen LogP contribution in [0, 0.1) is 5.92 Å². The van der Waals surface area contributed by atoms with Gasteiger partial charge in [0.1, 0.15) is 6.54 Å². The van der Waals surface area contributed by atoms with Crippen molar-refractivity contribution in [3.05, 3.63) is 69.7 Å². The van der Waals surface area contributed by atoms with Gasteiger partial charge in [0.25, 0.3) is 0 Å². The third kappa shape index (κ3) is 3.59. The molecule has 2 heterocycles. The van der Waals surface area contributed by atoms with Crippen molar-refractivity contribution in [1.29, 1.82) is 0 Å². The van der Waals surface area contributed by atoms with Gasteiger partial charge >= 0.3 is 5.69 Å². The average Bonchev–Trinajstić information content (AvgIpc) is 3.33. The summed E-state index contributed by atoms with van der Waals surface area (Å²) in [6, 6.07) is 8.49. The Kier molecular flexibility index (Phi) is 5.56. The molecule has 0 radical (unpaired) electrons. The number of amides is 1. The second-order valence-electron chi connectivity index (χ2n) is 10.3. The molecule has 34 heavy (non-hydrogen) atoms. The van der Waals surface area contributed by atoms with Crippen LogP contribution in [0.1, 0.15) is 51.0 Å². The van der Waals surface area contributed by atoms with E-state index < -0.39 is 0 Å². The number of allylic oxidation sites excluding steroid dienone is 4. The quantitative estimate of drug-likeness (QED) is 0.755. The van der Waals surface area contributed by atoms with E-state index in [4.69, 9.17) is 0 Å². The molecule has 1 aromatic heterocycles. The molecule has 178 valence electrons. The maximum atomic E-state index is 13.4. The lowest BCUT2D eigenvalue weighted by Crippen LogP contribution is -2.42. The number of aromatic nitrogens is 2. The minimum absolute atomic E-state index is 0.0584. The number of likely N-dealkylation sites (tertiary alicyclic amines) is 1. The zero-order valence-electron chi connectivity index (χ0n) is 20.0. The zero-order chi connectivity index (χ0) is 23.2. The summed E-state index contributed by atoms with van der Waals surface area (Å²) in [4.78, 5) is 28.1. The molecule has 2 unspecified atom stereocenters. The molecule has 4 aliphatic rings. The summed E-state index contributed by atoms with van der Waals surface area (Å²) in [6.07, 6.45) is 15.5. The van der Waals surface area contributed by atoms with E-state index in [1.807, 2.05) is 28.8 Å². The Morgan fingerprint density at radius 1 is 1.09 bits per heavy atom. The number of benzene rings is 1. The van der Waals surface area contributed by atoms with Crippen molar-refractivity contribution in [2.24, 2.45) is 5.92 Å². The number of imidazole rings is 1. The van der Waals surface area contributed by atoms with E-state index in [1.165, 1.54) is 31.3 Å². The third-order valence-electron chi connectivity index (χ3n) is 8.51. The summed E-state index contributed by atoms with van der Waals surface area (Å²) < 4.78 is 3.57. The molecule has 3 aliphatic carbocycles. The smallest absolute Gasteiger partial charge is 0.329 e. The van der Waals surface area contributed by atoms with Crippen molar-refractivity contribution in [2.45, 2.75) is 63.6 Å². The van der Waals surface area contributed by atoms with E-state index in [2.05, 4.69) is 28.4 Å². The van der Waals surface area contributed by atoms with Crippen LogP contribution in [0.15, 0.2) is 64.0 Å². The first kappa shape index (κ1) is 21.7. The highest BCUT2D eigenvalue weighted by Gasteiger charge is 2.34. The highest BCUT2D eigenvalue weighted by molar-refractivity contribution is 5.80. The van der Waals surface area contributed by atoms with Gasteiger partial charge < -0.3 is 5.32 Å².